The second-order valence-electron chi connectivity index (χ2n) is 6.03. The molecule has 0 radical (unpaired) electrons. The first-order chi connectivity index (χ1) is 13.3. The molecule has 1 amide bonds. The molecule has 1 aliphatic rings. The fourth-order valence-electron chi connectivity index (χ4n) is 2.95. The van der Waals surface area contributed by atoms with Gasteiger partial charge in [-0.3, -0.25) is 4.79 Å². The first kappa shape index (κ1) is 17.9. The highest BCUT2D eigenvalue weighted by atomic mass is 32.2. The number of ether oxygens (including phenoxy) is 1. The van der Waals surface area contributed by atoms with E-state index in [1.54, 1.807) is 28.0 Å². The van der Waals surface area contributed by atoms with E-state index in [2.05, 4.69) is 6.07 Å². The smallest absolute Gasteiger partial charge is 0.294 e. The average Bonchev–Trinajstić information content (AvgIpc) is 3.26. The van der Waals surface area contributed by atoms with E-state index in [-0.39, 0.29) is 5.91 Å². The molecule has 136 valence electrons. The number of thiophene rings is 1. The molecule has 3 aromatic rings. The zero-order valence-corrected chi connectivity index (χ0v) is 16.3. The molecule has 27 heavy (non-hydrogen) atoms. The number of hydrogen-bond acceptors (Lipinski definition) is 4. The molecule has 0 spiro atoms. The molecule has 5 heteroatoms. The van der Waals surface area contributed by atoms with Crippen molar-refractivity contribution < 1.29 is 9.53 Å². The van der Waals surface area contributed by atoms with E-state index in [1.807, 2.05) is 72.1 Å². The van der Waals surface area contributed by atoms with Crippen molar-refractivity contribution in [3.8, 4) is 0 Å². The van der Waals surface area contributed by atoms with E-state index in [4.69, 9.17) is 4.74 Å². The van der Waals surface area contributed by atoms with Crippen LogP contribution in [0.4, 0.5) is 5.69 Å². The first-order valence-electron chi connectivity index (χ1n) is 8.77. The Kier molecular flexibility index (Phi) is 5.61. The molecule has 0 bridgehead atoms. The normalized spacial score (nSPS) is 13.9. The van der Waals surface area contributed by atoms with Gasteiger partial charge < -0.3 is 9.64 Å². The average molecular weight is 394 g/mol. The van der Waals surface area contributed by atoms with E-state index in [1.165, 1.54) is 0 Å². The second-order valence-corrected chi connectivity index (χ2v) is 8.16. The highest BCUT2D eigenvalue weighted by Crippen LogP contribution is 2.36. The van der Waals surface area contributed by atoms with E-state index >= 15 is 0 Å². The Labute approximate surface area is 167 Å². The number of hydrogen-bond donors (Lipinski definition) is 0. The van der Waals surface area contributed by atoms with Crippen molar-refractivity contribution in [2.24, 2.45) is 0 Å². The van der Waals surface area contributed by atoms with Crippen LogP contribution in [0.5, 0.6) is 0 Å². The van der Waals surface area contributed by atoms with Gasteiger partial charge in [-0.15, -0.1) is 23.1 Å². The third-order valence-electron chi connectivity index (χ3n) is 4.22. The molecule has 0 fully saturated rings. The van der Waals surface area contributed by atoms with Gasteiger partial charge in [-0.1, -0.05) is 54.6 Å². The fraction of sp³-hybridized carbons (Fsp3) is 0.136. The molecule has 2 heterocycles. The van der Waals surface area contributed by atoms with Gasteiger partial charge in [-0.2, -0.15) is 0 Å². The number of thioether (sulfide) groups is 1. The fourth-order valence-corrected chi connectivity index (χ4v) is 4.59. The number of benzene rings is 2. The van der Waals surface area contributed by atoms with Crippen LogP contribution in [-0.2, 0) is 16.1 Å². The van der Waals surface area contributed by atoms with E-state index < -0.39 is 0 Å². The summed E-state index contributed by atoms with van der Waals surface area (Å²) in [5.41, 5.74) is 1.89. The lowest BCUT2D eigenvalue weighted by molar-refractivity contribution is -0.118. The maximum Gasteiger partial charge on any atom is 0.294 e. The van der Waals surface area contributed by atoms with Crippen LogP contribution >= 0.6 is 23.1 Å². The van der Waals surface area contributed by atoms with Crippen LogP contribution in [0, 0.1) is 0 Å². The predicted molar refractivity (Wildman–Crippen MR) is 114 cm³/mol. The lowest BCUT2D eigenvalue weighted by Crippen LogP contribution is -2.33. The van der Waals surface area contributed by atoms with Crippen molar-refractivity contribution in [1.29, 1.82) is 0 Å². The van der Waals surface area contributed by atoms with Gasteiger partial charge in [0.25, 0.3) is 5.91 Å². The lowest BCUT2D eigenvalue weighted by atomic mass is 10.1. The Balaban J connectivity index is 1.74. The maximum absolute atomic E-state index is 13.5. The molecule has 2 aromatic carbocycles. The molecule has 0 aliphatic carbocycles. The highest BCUT2D eigenvalue weighted by Gasteiger charge is 2.28. The number of anilines is 1. The van der Waals surface area contributed by atoms with Crippen LogP contribution in [0.25, 0.3) is 4.91 Å². The van der Waals surface area contributed by atoms with Gasteiger partial charge in [0.15, 0.2) is 5.76 Å². The molecule has 4 rings (SSSR count). The van der Waals surface area contributed by atoms with Crippen LogP contribution in [0.3, 0.4) is 0 Å². The summed E-state index contributed by atoms with van der Waals surface area (Å²) in [6.45, 7) is 1.07. The van der Waals surface area contributed by atoms with Gasteiger partial charge in [0.2, 0.25) is 0 Å². The summed E-state index contributed by atoms with van der Waals surface area (Å²) in [7, 11) is 0. The van der Waals surface area contributed by atoms with Gasteiger partial charge >= 0.3 is 0 Å². The molecular formula is C22H19NO2S2. The maximum atomic E-state index is 13.5. The Morgan fingerprint density at radius 3 is 2.41 bits per heavy atom. The topological polar surface area (TPSA) is 29.5 Å². The zero-order chi connectivity index (χ0) is 18.5. The Bertz CT molecular complexity index is 921. The molecule has 0 unspecified atom stereocenters. The number of nitrogens with zero attached hydrogens (tertiary/aromatic N) is 1. The molecule has 0 atom stereocenters. The SMILES string of the molecule is O=C(C1=C(c2ccccc2)SCCO1)N(Cc1cccs1)c1ccccc1. The van der Waals surface area contributed by atoms with Gasteiger partial charge in [0, 0.05) is 16.3 Å². The molecule has 0 N–H and O–H groups in total. The van der Waals surface area contributed by atoms with Gasteiger partial charge in [-0.05, 0) is 29.1 Å². The van der Waals surface area contributed by atoms with Crippen molar-refractivity contribution >= 4 is 39.6 Å². The summed E-state index contributed by atoms with van der Waals surface area (Å²) in [6, 6.07) is 23.8. The monoisotopic (exact) mass is 393 g/mol. The summed E-state index contributed by atoms with van der Waals surface area (Å²) < 4.78 is 5.90. The summed E-state index contributed by atoms with van der Waals surface area (Å²) >= 11 is 3.33. The van der Waals surface area contributed by atoms with Crippen molar-refractivity contribution in [3.63, 3.8) is 0 Å². The lowest BCUT2D eigenvalue weighted by Gasteiger charge is -2.27. The molecule has 0 saturated carbocycles. The van der Waals surface area contributed by atoms with Crippen molar-refractivity contribution in [2.45, 2.75) is 6.54 Å². The standard InChI is InChI=1S/C22H19NO2S2/c24-22(20-21(27-15-13-25-20)17-8-3-1-4-9-17)23(16-19-12-7-14-26-19)18-10-5-2-6-11-18/h1-12,14H,13,15-16H2. The number of carbonyl (C=O) groups is 1. The Morgan fingerprint density at radius 2 is 1.70 bits per heavy atom. The molecule has 0 saturated heterocycles. The first-order valence-corrected chi connectivity index (χ1v) is 10.6. The van der Waals surface area contributed by atoms with Crippen molar-refractivity contribution in [2.75, 3.05) is 17.3 Å². The van der Waals surface area contributed by atoms with Gasteiger partial charge in [0.05, 0.1) is 18.1 Å². The third kappa shape index (κ3) is 4.10. The minimum Gasteiger partial charge on any atom is -0.486 e. The van der Waals surface area contributed by atoms with Crippen molar-refractivity contribution in [3.05, 3.63) is 94.4 Å². The zero-order valence-electron chi connectivity index (χ0n) is 14.7. The highest BCUT2D eigenvalue weighted by molar-refractivity contribution is 8.08. The Hall–Kier alpha value is -2.50. The van der Waals surface area contributed by atoms with Crippen LogP contribution in [0.15, 0.2) is 83.9 Å². The summed E-state index contributed by atoms with van der Waals surface area (Å²) in [5.74, 6) is 1.19. The third-order valence-corrected chi connectivity index (χ3v) is 6.16. The molecule has 3 nitrogen and oxygen atoms in total. The number of rotatable bonds is 5. The van der Waals surface area contributed by atoms with Crippen molar-refractivity contribution in [1.82, 2.24) is 0 Å². The second kappa shape index (κ2) is 8.46. The Morgan fingerprint density at radius 1 is 0.963 bits per heavy atom. The number of carbonyl (C=O) groups excluding carboxylic acids is 1. The predicted octanol–water partition coefficient (Wildman–Crippen LogP) is 5.41. The summed E-state index contributed by atoms with van der Waals surface area (Å²) in [6.07, 6.45) is 0. The van der Waals surface area contributed by atoms with Crippen LogP contribution < -0.4 is 4.90 Å². The minimum atomic E-state index is -0.0966. The van der Waals surface area contributed by atoms with Crippen LogP contribution in [-0.4, -0.2) is 18.3 Å². The largest absolute Gasteiger partial charge is 0.486 e. The minimum absolute atomic E-state index is 0.0966. The molecular weight excluding hydrogens is 374 g/mol. The van der Waals surface area contributed by atoms with E-state index in [0.29, 0.717) is 18.9 Å². The van der Waals surface area contributed by atoms with E-state index in [9.17, 15) is 4.79 Å². The van der Waals surface area contributed by atoms with Gasteiger partial charge in [0.1, 0.15) is 0 Å². The number of para-hydroxylation sites is 1. The van der Waals surface area contributed by atoms with Crippen LogP contribution in [0.1, 0.15) is 10.4 Å². The summed E-state index contributed by atoms with van der Waals surface area (Å²) in [4.78, 5) is 17.4. The van der Waals surface area contributed by atoms with E-state index in [0.717, 1.165) is 26.8 Å². The number of amides is 1. The molecule has 1 aliphatic heterocycles. The quantitative estimate of drug-likeness (QED) is 0.580. The van der Waals surface area contributed by atoms with Gasteiger partial charge in [-0.25, -0.2) is 0 Å². The summed E-state index contributed by atoms with van der Waals surface area (Å²) in [5, 5.41) is 2.03. The van der Waals surface area contributed by atoms with Crippen LogP contribution in [0.2, 0.25) is 0 Å². The molecule has 1 aromatic heterocycles.